The lowest BCUT2D eigenvalue weighted by Gasteiger charge is -2.35. The molecule has 1 aromatic carbocycles. The number of rotatable bonds is 1. The van der Waals surface area contributed by atoms with Crippen LogP contribution in [0.15, 0.2) is 23.2 Å². The van der Waals surface area contributed by atoms with Crippen LogP contribution in [0.5, 0.6) is 0 Å². The summed E-state index contributed by atoms with van der Waals surface area (Å²) in [6.07, 6.45) is 6.60. The molecule has 2 nitrogen and oxygen atoms in total. The van der Waals surface area contributed by atoms with Gasteiger partial charge in [0.25, 0.3) is 0 Å². The SMILES string of the molecule is Cc1ccc(C)c(C2=NC(O)CC23CCCCC3)c1. The van der Waals surface area contributed by atoms with Crippen molar-refractivity contribution in [1.29, 1.82) is 0 Å². The molecule has 1 saturated carbocycles. The molecule has 1 aliphatic carbocycles. The third kappa shape index (κ3) is 2.23. The minimum Gasteiger partial charge on any atom is -0.372 e. The molecule has 1 atom stereocenters. The Bertz CT molecular complexity index is 512. The Labute approximate surface area is 115 Å². The molecule has 2 heteroatoms. The molecule has 1 heterocycles. The van der Waals surface area contributed by atoms with Crippen LogP contribution in [0.2, 0.25) is 0 Å². The summed E-state index contributed by atoms with van der Waals surface area (Å²) in [6.45, 7) is 4.28. The smallest absolute Gasteiger partial charge is 0.146 e. The second-order valence-electron chi connectivity index (χ2n) is 6.32. The molecule has 1 fully saturated rings. The largest absolute Gasteiger partial charge is 0.372 e. The molecular formula is C17H23NO. The van der Waals surface area contributed by atoms with Crippen LogP contribution in [0, 0.1) is 19.3 Å². The van der Waals surface area contributed by atoms with Crippen LogP contribution >= 0.6 is 0 Å². The highest BCUT2D eigenvalue weighted by atomic mass is 16.3. The van der Waals surface area contributed by atoms with Crippen LogP contribution in [0.3, 0.4) is 0 Å². The molecule has 102 valence electrons. The normalized spacial score (nSPS) is 25.6. The Hall–Kier alpha value is -1.15. The Kier molecular flexibility index (Phi) is 3.22. The molecule has 19 heavy (non-hydrogen) atoms. The number of aliphatic hydroxyl groups is 1. The minimum atomic E-state index is -0.493. The molecule has 0 radical (unpaired) electrons. The van der Waals surface area contributed by atoms with Crippen LogP contribution in [-0.2, 0) is 0 Å². The summed E-state index contributed by atoms with van der Waals surface area (Å²) in [6, 6.07) is 6.56. The van der Waals surface area contributed by atoms with E-state index in [1.165, 1.54) is 54.5 Å². The average molecular weight is 257 g/mol. The van der Waals surface area contributed by atoms with Crippen LogP contribution < -0.4 is 0 Å². The highest BCUT2D eigenvalue weighted by Gasteiger charge is 2.44. The number of nitrogens with zero attached hydrogens (tertiary/aromatic N) is 1. The molecule has 1 spiro atoms. The van der Waals surface area contributed by atoms with Gasteiger partial charge in [0.15, 0.2) is 0 Å². The number of aliphatic hydroxyl groups excluding tert-OH is 1. The maximum Gasteiger partial charge on any atom is 0.146 e. The van der Waals surface area contributed by atoms with Crippen molar-refractivity contribution in [2.75, 3.05) is 0 Å². The van der Waals surface area contributed by atoms with Crippen LogP contribution in [0.1, 0.15) is 55.2 Å². The summed E-state index contributed by atoms with van der Waals surface area (Å²) in [4.78, 5) is 4.61. The zero-order chi connectivity index (χ0) is 13.5. The van der Waals surface area contributed by atoms with Crippen molar-refractivity contribution < 1.29 is 5.11 Å². The number of aliphatic imine (C=N–C) groups is 1. The second-order valence-corrected chi connectivity index (χ2v) is 6.32. The van der Waals surface area contributed by atoms with Gasteiger partial charge in [-0.05, 0) is 43.9 Å². The summed E-state index contributed by atoms with van der Waals surface area (Å²) in [7, 11) is 0. The molecule has 1 unspecified atom stereocenters. The van der Waals surface area contributed by atoms with Crippen molar-refractivity contribution in [3.8, 4) is 0 Å². The molecular weight excluding hydrogens is 234 g/mol. The second kappa shape index (κ2) is 4.75. The lowest BCUT2D eigenvalue weighted by atomic mass is 9.68. The first kappa shape index (κ1) is 12.9. The van der Waals surface area contributed by atoms with E-state index < -0.39 is 6.23 Å². The molecule has 1 aromatic rings. The van der Waals surface area contributed by atoms with Crippen LogP contribution in [-0.4, -0.2) is 17.0 Å². The molecule has 1 N–H and O–H groups in total. The third-order valence-electron chi connectivity index (χ3n) is 4.81. The number of hydrogen-bond acceptors (Lipinski definition) is 2. The maximum absolute atomic E-state index is 10.1. The van der Waals surface area contributed by atoms with Crippen molar-refractivity contribution in [3.05, 3.63) is 34.9 Å². The van der Waals surface area contributed by atoms with Gasteiger partial charge in [-0.2, -0.15) is 0 Å². The number of benzene rings is 1. The van der Waals surface area contributed by atoms with Gasteiger partial charge in [0.1, 0.15) is 6.23 Å². The van der Waals surface area contributed by atoms with E-state index in [4.69, 9.17) is 0 Å². The fourth-order valence-electron chi connectivity index (χ4n) is 3.79. The molecule has 2 aliphatic rings. The van der Waals surface area contributed by atoms with Gasteiger partial charge in [-0.25, -0.2) is 0 Å². The monoisotopic (exact) mass is 257 g/mol. The van der Waals surface area contributed by atoms with Crippen LogP contribution in [0.25, 0.3) is 0 Å². The maximum atomic E-state index is 10.1. The van der Waals surface area contributed by atoms with E-state index in [-0.39, 0.29) is 5.41 Å². The van der Waals surface area contributed by atoms with E-state index in [1.807, 2.05) is 0 Å². The van der Waals surface area contributed by atoms with Gasteiger partial charge in [0.05, 0.1) is 5.71 Å². The van der Waals surface area contributed by atoms with Gasteiger partial charge in [0, 0.05) is 11.8 Å². The van der Waals surface area contributed by atoms with Gasteiger partial charge in [-0.15, -0.1) is 0 Å². The zero-order valence-corrected chi connectivity index (χ0v) is 11.9. The quantitative estimate of drug-likeness (QED) is 0.816. The van der Waals surface area contributed by atoms with Crippen molar-refractivity contribution in [2.45, 2.75) is 58.6 Å². The first-order valence-electron chi connectivity index (χ1n) is 7.45. The fraction of sp³-hybridized carbons (Fsp3) is 0.588. The lowest BCUT2D eigenvalue weighted by Crippen LogP contribution is -2.32. The first-order valence-corrected chi connectivity index (χ1v) is 7.45. The Balaban J connectivity index is 2.05. The van der Waals surface area contributed by atoms with E-state index in [0.29, 0.717) is 0 Å². The van der Waals surface area contributed by atoms with E-state index in [9.17, 15) is 5.11 Å². The standard InChI is InChI=1S/C17H23NO/c1-12-6-7-13(2)14(10-12)16-17(11-15(19)18-16)8-4-3-5-9-17/h6-7,10,15,19H,3-5,8-9,11H2,1-2H3. The average Bonchev–Trinajstić information content (AvgIpc) is 2.70. The van der Waals surface area contributed by atoms with Crippen molar-refractivity contribution in [2.24, 2.45) is 10.4 Å². The number of hydrogen-bond donors (Lipinski definition) is 1. The van der Waals surface area contributed by atoms with Gasteiger partial charge >= 0.3 is 0 Å². The minimum absolute atomic E-state index is 0.149. The van der Waals surface area contributed by atoms with Crippen molar-refractivity contribution in [1.82, 2.24) is 0 Å². The molecule has 3 rings (SSSR count). The van der Waals surface area contributed by atoms with E-state index >= 15 is 0 Å². The molecule has 0 aromatic heterocycles. The molecule has 1 aliphatic heterocycles. The summed E-state index contributed by atoms with van der Waals surface area (Å²) >= 11 is 0. The molecule has 0 amide bonds. The number of aryl methyl sites for hydroxylation is 2. The van der Waals surface area contributed by atoms with Gasteiger partial charge in [0.2, 0.25) is 0 Å². The highest BCUT2D eigenvalue weighted by Crippen LogP contribution is 2.47. The Morgan fingerprint density at radius 3 is 2.63 bits per heavy atom. The predicted molar refractivity (Wildman–Crippen MR) is 78.6 cm³/mol. The van der Waals surface area contributed by atoms with Gasteiger partial charge in [-0.3, -0.25) is 4.99 Å². The predicted octanol–water partition coefficient (Wildman–Crippen LogP) is 3.77. The lowest BCUT2D eigenvalue weighted by molar-refractivity contribution is 0.137. The van der Waals surface area contributed by atoms with Gasteiger partial charge in [-0.1, -0.05) is 37.0 Å². The topological polar surface area (TPSA) is 32.6 Å². The van der Waals surface area contributed by atoms with Crippen molar-refractivity contribution in [3.63, 3.8) is 0 Å². The molecule has 0 saturated heterocycles. The summed E-state index contributed by atoms with van der Waals surface area (Å²) < 4.78 is 0. The van der Waals surface area contributed by atoms with E-state index in [2.05, 4.69) is 37.0 Å². The van der Waals surface area contributed by atoms with Crippen molar-refractivity contribution >= 4 is 5.71 Å². The summed E-state index contributed by atoms with van der Waals surface area (Å²) in [5.74, 6) is 0. The summed E-state index contributed by atoms with van der Waals surface area (Å²) in [5, 5.41) is 10.1. The first-order chi connectivity index (χ1) is 9.11. The Morgan fingerprint density at radius 1 is 1.16 bits per heavy atom. The zero-order valence-electron chi connectivity index (χ0n) is 11.9. The van der Waals surface area contributed by atoms with E-state index in [1.54, 1.807) is 0 Å². The highest BCUT2D eigenvalue weighted by molar-refractivity contribution is 6.07. The van der Waals surface area contributed by atoms with Gasteiger partial charge < -0.3 is 5.11 Å². The van der Waals surface area contributed by atoms with Crippen LogP contribution in [0.4, 0.5) is 0 Å². The third-order valence-corrected chi connectivity index (χ3v) is 4.81. The molecule has 0 bridgehead atoms. The summed E-state index contributed by atoms with van der Waals surface area (Å²) in [5.41, 5.74) is 5.15. The Morgan fingerprint density at radius 2 is 1.89 bits per heavy atom. The fourth-order valence-corrected chi connectivity index (χ4v) is 3.79. The van der Waals surface area contributed by atoms with E-state index in [0.717, 1.165) is 6.42 Å².